The van der Waals surface area contributed by atoms with Gasteiger partial charge in [-0.15, -0.1) is 0 Å². The number of fused-ring (bicyclic) bond motifs is 6. The van der Waals surface area contributed by atoms with Gasteiger partial charge in [0.25, 0.3) is 0 Å². The highest BCUT2D eigenvalue weighted by atomic mass is 16.5. The van der Waals surface area contributed by atoms with Gasteiger partial charge >= 0.3 is 0 Å². The lowest BCUT2D eigenvalue weighted by Gasteiger charge is -2.14. The maximum Gasteiger partial charge on any atom is 0.127 e. The number of rotatable bonds is 13. The highest BCUT2D eigenvalue weighted by molar-refractivity contribution is 6.26. The van der Waals surface area contributed by atoms with E-state index in [1.807, 2.05) is 0 Å². The minimum atomic E-state index is 0.341. The van der Waals surface area contributed by atoms with Crippen LogP contribution in [0.5, 0.6) is 5.75 Å². The van der Waals surface area contributed by atoms with Crippen LogP contribution in [-0.2, 0) is 0 Å². The second-order valence-electron chi connectivity index (χ2n) is 8.88. The van der Waals surface area contributed by atoms with Crippen molar-refractivity contribution < 1.29 is 9.84 Å². The minimum Gasteiger partial charge on any atom is -0.493 e. The van der Waals surface area contributed by atoms with Gasteiger partial charge in [0.2, 0.25) is 0 Å². The highest BCUT2D eigenvalue weighted by Crippen LogP contribution is 2.39. The summed E-state index contributed by atoms with van der Waals surface area (Å²) in [5.74, 6) is 1.01. The van der Waals surface area contributed by atoms with Crippen LogP contribution in [0.25, 0.3) is 32.3 Å². The van der Waals surface area contributed by atoms with Crippen LogP contribution in [-0.4, -0.2) is 18.3 Å². The summed E-state index contributed by atoms with van der Waals surface area (Å²) < 4.78 is 6.34. The Balaban J connectivity index is 1.34. The lowest BCUT2D eigenvalue weighted by Crippen LogP contribution is -1.98. The average Bonchev–Trinajstić information content (AvgIpc) is 2.85. The molecule has 4 rings (SSSR count). The SMILES string of the molecule is OCCCCCCCCCCCCOc1cccc2c3ccccc3c3ccccc3c12. The van der Waals surface area contributed by atoms with Gasteiger partial charge in [-0.05, 0) is 45.8 Å². The quantitative estimate of drug-likeness (QED) is 0.171. The molecule has 0 aliphatic carbocycles. The summed E-state index contributed by atoms with van der Waals surface area (Å²) in [5.41, 5.74) is 0. The van der Waals surface area contributed by atoms with E-state index in [-0.39, 0.29) is 0 Å². The molecule has 0 heterocycles. The van der Waals surface area contributed by atoms with E-state index in [1.165, 1.54) is 83.7 Å². The van der Waals surface area contributed by atoms with Crippen LogP contribution in [0, 0.1) is 0 Å². The van der Waals surface area contributed by atoms with E-state index < -0.39 is 0 Å². The third-order valence-corrected chi connectivity index (χ3v) is 6.54. The summed E-state index contributed by atoms with van der Waals surface area (Å²) in [6, 6.07) is 23.9. The largest absolute Gasteiger partial charge is 0.493 e. The summed E-state index contributed by atoms with van der Waals surface area (Å²) in [6.07, 6.45) is 12.3. The van der Waals surface area contributed by atoms with Crippen molar-refractivity contribution in [2.24, 2.45) is 0 Å². The van der Waals surface area contributed by atoms with Crippen LogP contribution in [0.4, 0.5) is 0 Å². The van der Waals surface area contributed by atoms with Crippen molar-refractivity contribution in [1.82, 2.24) is 0 Å². The summed E-state index contributed by atoms with van der Waals surface area (Å²) in [7, 11) is 0. The number of hydrogen-bond acceptors (Lipinski definition) is 2. The predicted molar refractivity (Wildman–Crippen MR) is 138 cm³/mol. The summed E-state index contributed by atoms with van der Waals surface area (Å²) in [6.45, 7) is 1.12. The van der Waals surface area contributed by atoms with Crippen LogP contribution in [0.1, 0.15) is 64.2 Å². The van der Waals surface area contributed by atoms with Crippen molar-refractivity contribution in [2.75, 3.05) is 13.2 Å². The van der Waals surface area contributed by atoms with Crippen molar-refractivity contribution in [2.45, 2.75) is 64.2 Å². The lowest BCUT2D eigenvalue weighted by molar-refractivity contribution is 0.282. The van der Waals surface area contributed by atoms with E-state index in [1.54, 1.807) is 0 Å². The third kappa shape index (κ3) is 5.42. The van der Waals surface area contributed by atoms with E-state index >= 15 is 0 Å². The van der Waals surface area contributed by atoms with E-state index in [4.69, 9.17) is 9.84 Å². The predicted octanol–water partition coefficient (Wildman–Crippen LogP) is 8.42. The van der Waals surface area contributed by atoms with Crippen molar-refractivity contribution in [3.8, 4) is 5.75 Å². The maximum absolute atomic E-state index is 8.81. The van der Waals surface area contributed by atoms with E-state index in [0.29, 0.717) is 6.61 Å². The van der Waals surface area contributed by atoms with Gasteiger partial charge in [-0.3, -0.25) is 0 Å². The smallest absolute Gasteiger partial charge is 0.127 e. The maximum atomic E-state index is 8.81. The lowest BCUT2D eigenvalue weighted by atomic mass is 9.94. The normalized spacial score (nSPS) is 11.5. The minimum absolute atomic E-state index is 0.341. The first-order valence-electron chi connectivity index (χ1n) is 12.5. The van der Waals surface area contributed by atoms with Crippen molar-refractivity contribution in [3.05, 3.63) is 66.7 Å². The molecule has 2 heteroatoms. The zero-order valence-corrected chi connectivity index (χ0v) is 19.2. The molecule has 0 radical (unpaired) electrons. The molecule has 1 N–H and O–H groups in total. The molecule has 2 nitrogen and oxygen atoms in total. The van der Waals surface area contributed by atoms with Crippen LogP contribution in [0.3, 0.4) is 0 Å². The molecule has 0 atom stereocenters. The van der Waals surface area contributed by atoms with Gasteiger partial charge in [-0.1, -0.05) is 112 Å². The van der Waals surface area contributed by atoms with Gasteiger partial charge in [0.15, 0.2) is 0 Å². The average molecular weight is 429 g/mol. The molecule has 0 bridgehead atoms. The molecule has 0 spiro atoms. The Hall–Kier alpha value is -2.58. The van der Waals surface area contributed by atoms with E-state index in [2.05, 4.69) is 66.7 Å². The zero-order valence-electron chi connectivity index (χ0n) is 19.2. The first kappa shape index (κ1) is 22.6. The molecule has 0 amide bonds. The topological polar surface area (TPSA) is 29.5 Å². The number of hydrogen-bond donors (Lipinski definition) is 1. The molecule has 0 aromatic heterocycles. The molecule has 0 aliphatic rings. The molecule has 0 fully saturated rings. The highest BCUT2D eigenvalue weighted by Gasteiger charge is 2.11. The Labute approximate surface area is 192 Å². The molecule has 168 valence electrons. The number of aliphatic hydroxyl groups excluding tert-OH is 1. The molecule has 0 aliphatic heterocycles. The Bertz CT molecular complexity index is 1090. The molecule has 0 saturated heterocycles. The van der Waals surface area contributed by atoms with Crippen LogP contribution < -0.4 is 4.74 Å². The standard InChI is InChI=1S/C30H36O2/c31-22-13-7-5-3-1-2-4-6-8-14-23-32-29-21-15-20-28-26-17-10-9-16-24(26)25-18-11-12-19-27(25)30(28)29/h9-12,15-21,31H,1-8,13-14,22-23H2. The van der Waals surface area contributed by atoms with Crippen LogP contribution in [0.15, 0.2) is 66.7 Å². The van der Waals surface area contributed by atoms with Gasteiger partial charge < -0.3 is 9.84 Å². The third-order valence-electron chi connectivity index (χ3n) is 6.54. The second-order valence-corrected chi connectivity index (χ2v) is 8.88. The van der Waals surface area contributed by atoms with Gasteiger partial charge in [0.1, 0.15) is 5.75 Å². The Morgan fingerprint density at radius 2 is 0.906 bits per heavy atom. The Morgan fingerprint density at radius 3 is 1.47 bits per heavy atom. The van der Waals surface area contributed by atoms with Gasteiger partial charge in [0, 0.05) is 12.0 Å². The van der Waals surface area contributed by atoms with Gasteiger partial charge in [0.05, 0.1) is 6.61 Å². The van der Waals surface area contributed by atoms with Crippen molar-refractivity contribution in [3.63, 3.8) is 0 Å². The summed E-state index contributed by atoms with van der Waals surface area (Å²) in [4.78, 5) is 0. The number of benzene rings is 4. The molecule has 4 aromatic carbocycles. The fraction of sp³-hybridized carbons (Fsp3) is 0.400. The Morgan fingerprint density at radius 1 is 0.469 bits per heavy atom. The van der Waals surface area contributed by atoms with Crippen molar-refractivity contribution in [1.29, 1.82) is 0 Å². The molecule has 32 heavy (non-hydrogen) atoms. The Kier molecular flexibility index (Phi) is 8.39. The molecule has 0 unspecified atom stereocenters. The fourth-order valence-electron chi connectivity index (χ4n) is 4.85. The van der Waals surface area contributed by atoms with Gasteiger partial charge in [-0.2, -0.15) is 0 Å². The molecule has 0 saturated carbocycles. The molecule has 4 aromatic rings. The summed E-state index contributed by atoms with van der Waals surface area (Å²) in [5, 5.41) is 16.5. The zero-order chi connectivity index (χ0) is 22.0. The number of ether oxygens (including phenoxy) is 1. The van der Waals surface area contributed by atoms with E-state index in [9.17, 15) is 0 Å². The monoisotopic (exact) mass is 428 g/mol. The first-order chi connectivity index (χ1) is 15.9. The number of unbranched alkanes of at least 4 members (excludes halogenated alkanes) is 9. The molecular formula is C30H36O2. The second kappa shape index (κ2) is 11.9. The molecular weight excluding hydrogens is 392 g/mol. The van der Waals surface area contributed by atoms with E-state index in [0.717, 1.165) is 25.2 Å². The van der Waals surface area contributed by atoms with Gasteiger partial charge in [-0.25, -0.2) is 0 Å². The first-order valence-corrected chi connectivity index (χ1v) is 12.5. The van der Waals surface area contributed by atoms with Crippen LogP contribution in [0.2, 0.25) is 0 Å². The fourth-order valence-corrected chi connectivity index (χ4v) is 4.85. The summed E-state index contributed by atoms with van der Waals surface area (Å²) >= 11 is 0. The van der Waals surface area contributed by atoms with Crippen LogP contribution >= 0.6 is 0 Å². The van der Waals surface area contributed by atoms with Crippen molar-refractivity contribution >= 4 is 32.3 Å². The number of aliphatic hydroxyl groups is 1.